The van der Waals surface area contributed by atoms with Crippen LogP contribution < -0.4 is 33.2 Å². The minimum absolute atomic E-state index is 0.0150. The van der Waals surface area contributed by atoms with Crippen LogP contribution in [0.15, 0.2) is 65.8 Å². The molecule has 4 unspecified atom stereocenters. The van der Waals surface area contributed by atoms with E-state index in [4.69, 9.17) is 17.2 Å². The number of amides is 3. The predicted molar refractivity (Wildman–Crippen MR) is 167 cm³/mol. The van der Waals surface area contributed by atoms with Gasteiger partial charge in [-0.2, -0.15) is 12.6 Å². The fourth-order valence-electron chi connectivity index (χ4n) is 4.47. The number of carbonyl (C=O) groups is 4. The summed E-state index contributed by atoms with van der Waals surface area (Å²) in [6.45, 7) is 0.211. The molecule has 3 amide bonds. The Labute approximate surface area is 254 Å². The van der Waals surface area contributed by atoms with Crippen molar-refractivity contribution < 1.29 is 24.3 Å². The highest BCUT2D eigenvalue weighted by atomic mass is 32.1. The molecule has 0 radical (unpaired) electrons. The SMILES string of the molecule is NC(N)=NCCCC(NC(=O)C(N)Cc1ccccc1)C(=O)NC(CS)C(=O)NC(Cc1c[nH]c2ccccc12)C(=O)O. The number of aromatic amines is 1. The topological polar surface area (TPSA) is 231 Å². The normalized spacial score (nSPS) is 13.7. The van der Waals surface area contributed by atoms with Crippen molar-refractivity contribution in [2.24, 2.45) is 22.2 Å². The van der Waals surface area contributed by atoms with E-state index >= 15 is 0 Å². The summed E-state index contributed by atoms with van der Waals surface area (Å²) in [7, 11) is 0. The summed E-state index contributed by atoms with van der Waals surface area (Å²) in [6.07, 6.45) is 2.45. The Morgan fingerprint density at radius 3 is 2.16 bits per heavy atom. The van der Waals surface area contributed by atoms with Gasteiger partial charge in [0, 0.05) is 35.8 Å². The lowest BCUT2D eigenvalue weighted by molar-refractivity contribution is -0.142. The lowest BCUT2D eigenvalue weighted by Crippen LogP contribution is -2.58. The summed E-state index contributed by atoms with van der Waals surface area (Å²) in [5.41, 5.74) is 19.3. The maximum atomic E-state index is 13.3. The number of guanidine groups is 1. The number of aromatic nitrogens is 1. The first-order valence-corrected chi connectivity index (χ1v) is 14.4. The van der Waals surface area contributed by atoms with Crippen molar-refractivity contribution in [3.05, 3.63) is 71.9 Å². The van der Waals surface area contributed by atoms with E-state index in [1.807, 2.05) is 54.6 Å². The molecular formula is C29H38N8O5S. The Morgan fingerprint density at radius 1 is 0.860 bits per heavy atom. The Balaban J connectivity index is 1.67. The van der Waals surface area contributed by atoms with E-state index in [1.165, 1.54) is 0 Å². The number of hydrogen-bond acceptors (Lipinski definition) is 7. The quantitative estimate of drug-likeness (QED) is 0.0455. The fraction of sp³-hybridized carbons (Fsp3) is 0.345. The zero-order valence-corrected chi connectivity index (χ0v) is 24.4. The highest BCUT2D eigenvalue weighted by Crippen LogP contribution is 2.19. The molecule has 1 aromatic heterocycles. The van der Waals surface area contributed by atoms with Crippen LogP contribution in [0.3, 0.4) is 0 Å². The van der Waals surface area contributed by atoms with E-state index in [0.717, 1.165) is 16.5 Å². The number of aliphatic imine (C=N–C) groups is 1. The third-order valence-corrected chi connectivity index (χ3v) is 7.11. The number of benzene rings is 2. The van der Waals surface area contributed by atoms with Gasteiger partial charge < -0.3 is 43.2 Å². The molecule has 0 bridgehead atoms. The third kappa shape index (κ3) is 10.0. The molecule has 1 heterocycles. The molecule has 2 aromatic carbocycles. The molecule has 0 spiro atoms. The number of rotatable bonds is 16. The molecule has 13 nitrogen and oxygen atoms in total. The molecule has 3 aromatic rings. The second-order valence-corrected chi connectivity index (χ2v) is 10.4. The van der Waals surface area contributed by atoms with Crippen molar-refractivity contribution in [1.82, 2.24) is 20.9 Å². The van der Waals surface area contributed by atoms with Gasteiger partial charge in [-0.3, -0.25) is 19.4 Å². The Hall–Kier alpha value is -4.56. The van der Waals surface area contributed by atoms with Crippen molar-refractivity contribution in [2.45, 2.75) is 49.9 Å². The number of carboxylic acids is 1. The highest BCUT2D eigenvalue weighted by molar-refractivity contribution is 7.80. The van der Waals surface area contributed by atoms with Crippen LogP contribution in [-0.4, -0.2) is 76.2 Å². The van der Waals surface area contributed by atoms with Crippen LogP contribution in [0.1, 0.15) is 24.0 Å². The second kappa shape index (κ2) is 16.2. The molecule has 11 N–H and O–H groups in total. The number of nitrogens with one attached hydrogen (secondary N) is 4. The minimum Gasteiger partial charge on any atom is -0.480 e. The largest absolute Gasteiger partial charge is 0.480 e. The van der Waals surface area contributed by atoms with Crippen molar-refractivity contribution >= 4 is 53.2 Å². The van der Waals surface area contributed by atoms with E-state index < -0.39 is 47.9 Å². The van der Waals surface area contributed by atoms with Gasteiger partial charge in [0.05, 0.1) is 6.04 Å². The molecule has 0 saturated heterocycles. The average Bonchev–Trinajstić information content (AvgIpc) is 3.39. The number of nitrogens with zero attached hydrogens (tertiary/aromatic N) is 1. The monoisotopic (exact) mass is 610 g/mol. The first kappa shape index (κ1) is 32.9. The maximum Gasteiger partial charge on any atom is 0.326 e. The first-order chi connectivity index (χ1) is 20.6. The second-order valence-electron chi connectivity index (χ2n) is 10.0. The van der Waals surface area contributed by atoms with Crippen LogP contribution in [-0.2, 0) is 32.0 Å². The average molecular weight is 611 g/mol. The molecular weight excluding hydrogens is 572 g/mol. The molecule has 0 saturated carbocycles. The first-order valence-electron chi connectivity index (χ1n) is 13.7. The maximum absolute atomic E-state index is 13.3. The molecule has 4 atom stereocenters. The van der Waals surface area contributed by atoms with Crippen LogP contribution in [0.25, 0.3) is 10.9 Å². The highest BCUT2D eigenvalue weighted by Gasteiger charge is 2.30. The van der Waals surface area contributed by atoms with Gasteiger partial charge in [0.15, 0.2) is 5.96 Å². The van der Waals surface area contributed by atoms with Crippen LogP contribution in [0.4, 0.5) is 0 Å². The van der Waals surface area contributed by atoms with Crippen LogP contribution in [0.5, 0.6) is 0 Å². The number of fused-ring (bicyclic) bond motifs is 1. The molecule has 14 heteroatoms. The molecule has 0 aliphatic rings. The van der Waals surface area contributed by atoms with Crippen LogP contribution >= 0.6 is 12.6 Å². The van der Waals surface area contributed by atoms with Crippen molar-refractivity contribution in [1.29, 1.82) is 0 Å². The summed E-state index contributed by atoms with van der Waals surface area (Å²) in [5, 5.41) is 18.4. The molecule has 0 fully saturated rings. The number of carboxylic acid groups (broad SMARTS) is 1. The van der Waals surface area contributed by atoms with Gasteiger partial charge in [-0.1, -0.05) is 48.5 Å². The van der Waals surface area contributed by atoms with E-state index in [2.05, 4.69) is 38.6 Å². The predicted octanol–water partition coefficient (Wildman–Crippen LogP) is -0.197. The number of para-hydroxylation sites is 1. The zero-order chi connectivity index (χ0) is 31.4. The number of hydrogen-bond donors (Lipinski definition) is 9. The van der Waals surface area contributed by atoms with Gasteiger partial charge in [-0.25, -0.2) is 4.79 Å². The van der Waals surface area contributed by atoms with Gasteiger partial charge in [0.2, 0.25) is 17.7 Å². The number of carbonyl (C=O) groups excluding carboxylic acids is 3. The summed E-state index contributed by atoms with van der Waals surface area (Å²) in [6, 6.07) is 12.1. The lowest BCUT2D eigenvalue weighted by Gasteiger charge is -2.24. The van der Waals surface area contributed by atoms with Gasteiger partial charge in [-0.05, 0) is 36.5 Å². The van der Waals surface area contributed by atoms with Crippen molar-refractivity contribution in [3.63, 3.8) is 0 Å². The number of nitrogens with two attached hydrogens (primary N) is 3. The van der Waals surface area contributed by atoms with Gasteiger partial charge in [-0.15, -0.1) is 0 Å². The summed E-state index contributed by atoms with van der Waals surface area (Å²) in [4.78, 5) is 58.3. The van der Waals surface area contributed by atoms with Crippen molar-refractivity contribution in [2.75, 3.05) is 12.3 Å². The minimum atomic E-state index is -1.27. The molecule has 0 aliphatic heterocycles. The van der Waals surface area contributed by atoms with Gasteiger partial charge in [0.1, 0.15) is 18.1 Å². The smallest absolute Gasteiger partial charge is 0.326 e. The Kier molecular flexibility index (Phi) is 12.4. The standard InChI is InChI=1S/C29H38N8O5S/c30-20(13-17-7-2-1-3-8-17)25(38)35-22(11-6-12-33-29(31)32)26(39)37-24(16-43)27(40)36-23(28(41)42)14-18-15-34-21-10-5-4-9-19(18)21/h1-5,7-10,15,20,22-24,34,43H,6,11-14,16,30H2,(H,35,38)(H,36,40)(H,37,39)(H,41,42)(H4,31,32,33). The fourth-order valence-corrected chi connectivity index (χ4v) is 4.73. The summed E-state index contributed by atoms with van der Waals surface area (Å²) >= 11 is 4.20. The lowest BCUT2D eigenvalue weighted by atomic mass is 10.0. The Bertz CT molecular complexity index is 1430. The molecule has 43 heavy (non-hydrogen) atoms. The van der Waals surface area contributed by atoms with E-state index in [0.29, 0.717) is 12.0 Å². The van der Waals surface area contributed by atoms with Crippen LogP contribution in [0.2, 0.25) is 0 Å². The van der Waals surface area contributed by atoms with Crippen LogP contribution in [0, 0.1) is 0 Å². The number of aliphatic carboxylic acids is 1. The Morgan fingerprint density at radius 2 is 1.49 bits per heavy atom. The number of thiol groups is 1. The van der Waals surface area contributed by atoms with Crippen molar-refractivity contribution in [3.8, 4) is 0 Å². The zero-order valence-electron chi connectivity index (χ0n) is 23.5. The van der Waals surface area contributed by atoms with E-state index in [-0.39, 0.29) is 37.5 Å². The number of H-pyrrole nitrogens is 1. The van der Waals surface area contributed by atoms with E-state index in [9.17, 15) is 24.3 Å². The summed E-state index contributed by atoms with van der Waals surface area (Å²) < 4.78 is 0. The summed E-state index contributed by atoms with van der Waals surface area (Å²) in [5.74, 6) is -3.42. The van der Waals surface area contributed by atoms with Gasteiger partial charge in [0.25, 0.3) is 0 Å². The van der Waals surface area contributed by atoms with Gasteiger partial charge >= 0.3 is 5.97 Å². The molecule has 3 rings (SSSR count). The van der Waals surface area contributed by atoms with E-state index in [1.54, 1.807) is 6.20 Å². The third-order valence-electron chi connectivity index (χ3n) is 6.74. The molecule has 230 valence electrons. The molecule has 0 aliphatic carbocycles.